The van der Waals surface area contributed by atoms with Crippen LogP contribution in [-0.4, -0.2) is 49.9 Å². The minimum Gasteiger partial charge on any atom is -0.357 e. The fraction of sp³-hybridized carbons (Fsp3) is 0.400. The lowest BCUT2D eigenvalue weighted by Gasteiger charge is -2.13. The molecule has 0 bridgehead atoms. The molecule has 0 spiro atoms. The third-order valence-corrected chi connectivity index (χ3v) is 4.76. The van der Waals surface area contributed by atoms with Gasteiger partial charge < -0.3 is 20.9 Å². The number of nitrogens with zero attached hydrogens (tertiary/aromatic N) is 2. The van der Waals surface area contributed by atoms with E-state index in [1.165, 1.54) is 0 Å². The van der Waals surface area contributed by atoms with Crippen molar-refractivity contribution >= 4 is 23.5 Å². The van der Waals surface area contributed by atoms with Crippen LogP contribution < -0.4 is 16.0 Å². The largest absolute Gasteiger partial charge is 0.357 e. The Balaban J connectivity index is 1.90. The van der Waals surface area contributed by atoms with Crippen molar-refractivity contribution in [1.82, 2.24) is 15.5 Å². The maximum absolute atomic E-state index is 12.1. The molecule has 0 unspecified atom stereocenters. The van der Waals surface area contributed by atoms with Gasteiger partial charge in [-0.05, 0) is 55.2 Å². The van der Waals surface area contributed by atoms with E-state index in [1.54, 1.807) is 19.0 Å². The molecule has 0 aromatic heterocycles. The van der Waals surface area contributed by atoms with Gasteiger partial charge in [-0.1, -0.05) is 31.2 Å². The van der Waals surface area contributed by atoms with Crippen LogP contribution in [0.15, 0.2) is 53.5 Å². The SMILES string of the molecule is CCCC(=O)Nc1ccc(CN=C(NCC)NCCc2cccc(C(=O)N(C)C)c2)cc1. The Labute approximate surface area is 191 Å². The molecule has 2 rings (SSSR count). The molecule has 2 aromatic rings. The number of carbonyl (C=O) groups excluding carboxylic acids is 2. The molecule has 172 valence electrons. The Hall–Kier alpha value is -3.35. The summed E-state index contributed by atoms with van der Waals surface area (Å²) in [6.07, 6.45) is 2.14. The zero-order valence-corrected chi connectivity index (χ0v) is 19.6. The summed E-state index contributed by atoms with van der Waals surface area (Å²) in [4.78, 5) is 30.1. The van der Waals surface area contributed by atoms with Gasteiger partial charge in [0.15, 0.2) is 5.96 Å². The third kappa shape index (κ3) is 8.41. The Bertz CT molecular complexity index is 907. The number of amides is 2. The van der Waals surface area contributed by atoms with E-state index in [0.29, 0.717) is 25.1 Å². The summed E-state index contributed by atoms with van der Waals surface area (Å²) in [5.41, 5.74) is 3.66. The molecule has 2 amide bonds. The highest BCUT2D eigenvalue weighted by molar-refractivity contribution is 5.94. The zero-order chi connectivity index (χ0) is 23.3. The molecule has 0 radical (unpaired) electrons. The van der Waals surface area contributed by atoms with Crippen molar-refractivity contribution < 1.29 is 9.59 Å². The Morgan fingerprint density at radius 1 is 0.969 bits per heavy atom. The molecular formula is C25H35N5O2. The number of carbonyl (C=O) groups is 2. The van der Waals surface area contributed by atoms with E-state index in [2.05, 4.69) is 20.9 Å². The lowest BCUT2D eigenvalue weighted by Crippen LogP contribution is -2.38. The van der Waals surface area contributed by atoms with Crippen molar-refractivity contribution in [3.05, 3.63) is 65.2 Å². The number of hydrogen-bond donors (Lipinski definition) is 3. The molecule has 2 aromatic carbocycles. The molecule has 32 heavy (non-hydrogen) atoms. The molecule has 0 saturated carbocycles. The topological polar surface area (TPSA) is 85.8 Å². The second-order valence-corrected chi connectivity index (χ2v) is 7.77. The van der Waals surface area contributed by atoms with Crippen LogP contribution in [0.3, 0.4) is 0 Å². The Morgan fingerprint density at radius 2 is 1.72 bits per heavy atom. The van der Waals surface area contributed by atoms with Crippen LogP contribution in [0.2, 0.25) is 0 Å². The number of hydrogen-bond acceptors (Lipinski definition) is 3. The van der Waals surface area contributed by atoms with Gasteiger partial charge in [-0.2, -0.15) is 0 Å². The first-order valence-corrected chi connectivity index (χ1v) is 11.1. The summed E-state index contributed by atoms with van der Waals surface area (Å²) in [6.45, 7) is 6.02. The van der Waals surface area contributed by atoms with Gasteiger partial charge in [0, 0.05) is 44.9 Å². The summed E-state index contributed by atoms with van der Waals surface area (Å²) in [6, 6.07) is 15.5. The van der Waals surface area contributed by atoms with Gasteiger partial charge in [-0.25, -0.2) is 4.99 Å². The molecule has 0 fully saturated rings. The van der Waals surface area contributed by atoms with Crippen LogP contribution in [0, 0.1) is 0 Å². The summed E-state index contributed by atoms with van der Waals surface area (Å²) in [7, 11) is 3.51. The highest BCUT2D eigenvalue weighted by Crippen LogP contribution is 2.11. The van der Waals surface area contributed by atoms with Gasteiger partial charge in [0.25, 0.3) is 5.91 Å². The van der Waals surface area contributed by atoms with Crippen molar-refractivity contribution in [2.45, 2.75) is 39.7 Å². The predicted molar refractivity (Wildman–Crippen MR) is 131 cm³/mol. The maximum atomic E-state index is 12.1. The van der Waals surface area contributed by atoms with Crippen LogP contribution >= 0.6 is 0 Å². The fourth-order valence-electron chi connectivity index (χ4n) is 3.10. The van der Waals surface area contributed by atoms with E-state index in [9.17, 15) is 9.59 Å². The molecular weight excluding hydrogens is 402 g/mol. The highest BCUT2D eigenvalue weighted by Gasteiger charge is 2.08. The van der Waals surface area contributed by atoms with Crippen molar-refractivity contribution in [2.24, 2.45) is 4.99 Å². The van der Waals surface area contributed by atoms with Gasteiger partial charge in [0.1, 0.15) is 0 Å². The van der Waals surface area contributed by atoms with Crippen LogP contribution in [0.25, 0.3) is 0 Å². The molecule has 7 nitrogen and oxygen atoms in total. The van der Waals surface area contributed by atoms with E-state index >= 15 is 0 Å². The molecule has 0 aliphatic heterocycles. The Kier molecular flexibility index (Phi) is 10.2. The highest BCUT2D eigenvalue weighted by atomic mass is 16.2. The van der Waals surface area contributed by atoms with Crippen LogP contribution in [0.4, 0.5) is 5.69 Å². The summed E-state index contributed by atoms with van der Waals surface area (Å²) in [5, 5.41) is 9.50. The second kappa shape index (κ2) is 13.1. The molecule has 3 N–H and O–H groups in total. The van der Waals surface area contributed by atoms with Gasteiger partial charge in [-0.3, -0.25) is 9.59 Å². The van der Waals surface area contributed by atoms with E-state index in [-0.39, 0.29) is 11.8 Å². The van der Waals surface area contributed by atoms with Crippen LogP contribution in [0.1, 0.15) is 48.2 Å². The first kappa shape index (κ1) is 24.9. The smallest absolute Gasteiger partial charge is 0.253 e. The molecule has 0 aliphatic rings. The number of anilines is 1. The normalized spacial score (nSPS) is 11.1. The van der Waals surface area contributed by atoms with Crippen molar-refractivity contribution in [3.63, 3.8) is 0 Å². The Morgan fingerprint density at radius 3 is 2.38 bits per heavy atom. The van der Waals surface area contributed by atoms with E-state index in [1.807, 2.05) is 62.4 Å². The molecule has 7 heteroatoms. The van der Waals surface area contributed by atoms with E-state index < -0.39 is 0 Å². The van der Waals surface area contributed by atoms with Crippen molar-refractivity contribution in [1.29, 1.82) is 0 Å². The van der Waals surface area contributed by atoms with Gasteiger partial charge in [0.05, 0.1) is 6.54 Å². The van der Waals surface area contributed by atoms with Crippen LogP contribution in [0.5, 0.6) is 0 Å². The number of nitrogens with one attached hydrogen (secondary N) is 3. The predicted octanol–water partition coefficient (Wildman–Crippen LogP) is 3.42. The van der Waals surface area contributed by atoms with Crippen LogP contribution in [-0.2, 0) is 17.8 Å². The van der Waals surface area contributed by atoms with Gasteiger partial charge >= 0.3 is 0 Å². The van der Waals surface area contributed by atoms with E-state index in [0.717, 1.165) is 42.2 Å². The summed E-state index contributed by atoms with van der Waals surface area (Å²) < 4.78 is 0. The molecule has 0 heterocycles. The van der Waals surface area contributed by atoms with Crippen molar-refractivity contribution in [3.8, 4) is 0 Å². The lowest BCUT2D eigenvalue weighted by atomic mass is 10.1. The summed E-state index contributed by atoms with van der Waals surface area (Å²) in [5.74, 6) is 0.785. The molecule has 0 saturated heterocycles. The zero-order valence-electron chi connectivity index (χ0n) is 19.6. The lowest BCUT2D eigenvalue weighted by molar-refractivity contribution is -0.116. The number of aliphatic imine (C=N–C) groups is 1. The number of rotatable bonds is 10. The summed E-state index contributed by atoms with van der Waals surface area (Å²) >= 11 is 0. The average molecular weight is 438 g/mol. The first-order chi connectivity index (χ1) is 15.4. The van der Waals surface area contributed by atoms with E-state index in [4.69, 9.17) is 0 Å². The minimum absolute atomic E-state index is 0.00524. The first-order valence-electron chi connectivity index (χ1n) is 11.1. The quantitative estimate of drug-likeness (QED) is 0.393. The average Bonchev–Trinajstić information content (AvgIpc) is 2.78. The second-order valence-electron chi connectivity index (χ2n) is 7.77. The third-order valence-electron chi connectivity index (χ3n) is 4.76. The number of benzene rings is 2. The van der Waals surface area contributed by atoms with Crippen molar-refractivity contribution in [2.75, 3.05) is 32.5 Å². The number of guanidine groups is 1. The fourth-order valence-corrected chi connectivity index (χ4v) is 3.10. The standard InChI is InChI=1S/C25H35N5O2/c1-5-8-23(31)29-22-13-11-20(12-14-22)18-28-25(26-6-2)27-16-15-19-9-7-10-21(17-19)24(32)30(3)4/h7,9-14,17H,5-6,8,15-16,18H2,1-4H3,(H,29,31)(H2,26,27,28). The molecule has 0 atom stereocenters. The molecule has 0 aliphatic carbocycles. The maximum Gasteiger partial charge on any atom is 0.253 e. The van der Waals surface area contributed by atoms with Gasteiger partial charge in [-0.15, -0.1) is 0 Å². The monoisotopic (exact) mass is 437 g/mol. The minimum atomic E-state index is 0.00524. The van der Waals surface area contributed by atoms with Gasteiger partial charge in [0.2, 0.25) is 5.91 Å².